The Morgan fingerprint density at radius 2 is 1.59 bits per heavy atom. The van der Waals surface area contributed by atoms with Crippen LogP contribution in [0, 0.1) is 25.1 Å². The SMILES string of the molecule is CCC.Cc1cc(C)cc(C(=O)N(CC(C)(C)C)NC(=O)c2cccc(B(O)O)c2F)c1. The Balaban J connectivity index is 0.00000161. The zero-order valence-electron chi connectivity index (χ0n) is 20.0. The van der Waals surface area contributed by atoms with E-state index in [9.17, 15) is 24.0 Å². The Bertz CT molecular complexity index is 922. The molecule has 2 aromatic rings. The molecule has 0 saturated heterocycles. The highest BCUT2D eigenvalue weighted by atomic mass is 19.1. The molecule has 2 rings (SSSR count). The van der Waals surface area contributed by atoms with Crippen LogP contribution in [0.3, 0.4) is 0 Å². The minimum absolute atomic E-state index is 0.189. The summed E-state index contributed by atoms with van der Waals surface area (Å²) in [5.74, 6) is -2.32. The van der Waals surface area contributed by atoms with Gasteiger partial charge in [0.1, 0.15) is 5.82 Å². The van der Waals surface area contributed by atoms with Crippen LogP contribution in [0.2, 0.25) is 0 Å². The van der Waals surface area contributed by atoms with Gasteiger partial charge >= 0.3 is 7.12 Å². The molecule has 0 heterocycles. The minimum atomic E-state index is -2.05. The first-order chi connectivity index (χ1) is 14.8. The number of nitrogens with zero attached hydrogens (tertiary/aromatic N) is 1. The highest BCUT2D eigenvalue weighted by Gasteiger charge is 2.27. The van der Waals surface area contributed by atoms with Crippen LogP contribution < -0.4 is 10.9 Å². The molecule has 8 heteroatoms. The van der Waals surface area contributed by atoms with Crippen LogP contribution in [0.5, 0.6) is 0 Å². The van der Waals surface area contributed by atoms with Gasteiger partial charge in [-0.25, -0.2) is 9.40 Å². The van der Waals surface area contributed by atoms with E-state index in [4.69, 9.17) is 0 Å². The Morgan fingerprint density at radius 1 is 1.06 bits per heavy atom. The van der Waals surface area contributed by atoms with E-state index in [1.54, 1.807) is 12.1 Å². The van der Waals surface area contributed by atoms with Gasteiger partial charge in [0.15, 0.2) is 0 Å². The topological polar surface area (TPSA) is 89.9 Å². The molecule has 0 aliphatic rings. The van der Waals surface area contributed by atoms with Crippen LogP contribution in [-0.2, 0) is 0 Å². The lowest BCUT2D eigenvalue weighted by atomic mass is 9.79. The molecule has 6 nitrogen and oxygen atoms in total. The molecule has 32 heavy (non-hydrogen) atoms. The average Bonchev–Trinajstić information content (AvgIpc) is 2.65. The fourth-order valence-electron chi connectivity index (χ4n) is 3.00. The van der Waals surface area contributed by atoms with Crippen LogP contribution in [0.1, 0.15) is 72.9 Å². The molecular weight excluding hydrogens is 410 g/mol. The van der Waals surface area contributed by atoms with Gasteiger partial charge in [0.25, 0.3) is 11.8 Å². The van der Waals surface area contributed by atoms with Crippen molar-refractivity contribution in [2.45, 2.75) is 54.9 Å². The summed E-state index contributed by atoms with van der Waals surface area (Å²) in [5.41, 5.74) is 3.56. The number of amides is 2. The van der Waals surface area contributed by atoms with Crippen LogP contribution in [0.4, 0.5) is 4.39 Å². The lowest BCUT2D eigenvalue weighted by Gasteiger charge is -2.30. The van der Waals surface area contributed by atoms with Crippen molar-refractivity contribution in [1.82, 2.24) is 10.4 Å². The van der Waals surface area contributed by atoms with E-state index in [2.05, 4.69) is 19.3 Å². The van der Waals surface area contributed by atoms with Crippen molar-refractivity contribution in [2.24, 2.45) is 5.41 Å². The highest BCUT2D eigenvalue weighted by molar-refractivity contribution is 6.58. The molecule has 0 fully saturated rings. The van der Waals surface area contributed by atoms with Crippen molar-refractivity contribution in [2.75, 3.05) is 6.54 Å². The molecule has 0 aliphatic heterocycles. The van der Waals surface area contributed by atoms with E-state index >= 15 is 0 Å². The molecule has 2 amide bonds. The summed E-state index contributed by atoms with van der Waals surface area (Å²) in [4.78, 5) is 25.8. The zero-order chi connectivity index (χ0) is 24.6. The first kappa shape index (κ1) is 27.3. The Morgan fingerprint density at radius 3 is 2.06 bits per heavy atom. The van der Waals surface area contributed by atoms with E-state index in [0.29, 0.717) is 5.56 Å². The van der Waals surface area contributed by atoms with Crippen LogP contribution in [0.15, 0.2) is 36.4 Å². The van der Waals surface area contributed by atoms with Gasteiger partial charge in [0, 0.05) is 17.6 Å². The summed E-state index contributed by atoms with van der Waals surface area (Å²) in [6.07, 6.45) is 1.25. The summed E-state index contributed by atoms with van der Waals surface area (Å²) in [5, 5.41) is 19.7. The second kappa shape index (κ2) is 11.8. The molecule has 0 aliphatic carbocycles. The second-order valence-corrected chi connectivity index (χ2v) is 9.06. The normalized spacial score (nSPS) is 10.7. The molecule has 0 unspecified atom stereocenters. The molecule has 0 spiro atoms. The van der Waals surface area contributed by atoms with Crippen molar-refractivity contribution in [3.8, 4) is 0 Å². The van der Waals surface area contributed by atoms with Crippen molar-refractivity contribution >= 4 is 24.4 Å². The predicted molar refractivity (Wildman–Crippen MR) is 126 cm³/mol. The molecule has 3 N–H and O–H groups in total. The van der Waals surface area contributed by atoms with E-state index in [1.807, 2.05) is 40.7 Å². The Hall–Kier alpha value is -2.71. The van der Waals surface area contributed by atoms with Crippen molar-refractivity contribution < 1.29 is 24.0 Å². The predicted octanol–water partition coefficient (Wildman–Crippen LogP) is 3.37. The van der Waals surface area contributed by atoms with Crippen molar-refractivity contribution in [3.05, 3.63) is 64.5 Å². The monoisotopic (exact) mass is 444 g/mol. The number of halogens is 1. The summed E-state index contributed by atoms with van der Waals surface area (Å²) < 4.78 is 14.5. The number of carbonyl (C=O) groups is 2. The van der Waals surface area contributed by atoms with Gasteiger partial charge < -0.3 is 10.0 Å². The fraction of sp³-hybridized carbons (Fsp3) is 0.417. The minimum Gasteiger partial charge on any atom is -0.423 e. The Kier molecular flexibility index (Phi) is 10.1. The fourth-order valence-corrected chi connectivity index (χ4v) is 3.00. The molecule has 0 atom stereocenters. The van der Waals surface area contributed by atoms with Crippen LogP contribution in [-0.4, -0.2) is 40.5 Å². The van der Waals surface area contributed by atoms with Crippen LogP contribution in [0.25, 0.3) is 0 Å². The molecule has 0 saturated carbocycles. The lowest BCUT2D eigenvalue weighted by Crippen LogP contribution is -2.50. The maximum atomic E-state index is 14.5. The number of hydrogen-bond acceptors (Lipinski definition) is 4. The van der Waals surface area contributed by atoms with E-state index in [0.717, 1.165) is 16.1 Å². The van der Waals surface area contributed by atoms with Crippen molar-refractivity contribution in [1.29, 1.82) is 0 Å². The standard InChI is InChI=1S/C21H26BFN2O4.C3H8/c1-13-9-14(2)11-15(10-13)20(27)25(12-21(3,4)5)24-19(26)16-7-6-8-17(18(16)23)22(28)29;1-3-2/h6-11,28-29H,12H2,1-5H3,(H,24,26);3H2,1-2H3. The number of rotatable bonds is 4. The first-order valence-corrected chi connectivity index (χ1v) is 10.7. The number of carbonyl (C=O) groups excluding carboxylic acids is 2. The third-order valence-corrected chi connectivity index (χ3v) is 4.13. The van der Waals surface area contributed by atoms with Gasteiger partial charge in [-0.15, -0.1) is 0 Å². The number of hydrazine groups is 1. The molecule has 0 radical (unpaired) electrons. The van der Waals surface area contributed by atoms with E-state index < -0.39 is 30.2 Å². The first-order valence-electron chi connectivity index (χ1n) is 10.7. The molecule has 0 bridgehead atoms. The summed E-state index contributed by atoms with van der Waals surface area (Å²) in [6, 6.07) is 9.11. The van der Waals surface area contributed by atoms with Gasteiger partial charge in [0.2, 0.25) is 0 Å². The van der Waals surface area contributed by atoms with Crippen LogP contribution >= 0.6 is 0 Å². The molecule has 2 aromatic carbocycles. The molecule has 0 aromatic heterocycles. The Labute approximate surface area is 190 Å². The van der Waals surface area contributed by atoms with Gasteiger partial charge in [0.05, 0.1) is 5.56 Å². The number of nitrogens with one attached hydrogen (secondary N) is 1. The maximum absolute atomic E-state index is 14.5. The highest BCUT2D eigenvalue weighted by Crippen LogP contribution is 2.18. The van der Waals surface area contributed by atoms with Gasteiger partial charge in [-0.3, -0.25) is 15.0 Å². The molecular formula is C24H34BFN2O4. The summed E-state index contributed by atoms with van der Waals surface area (Å²) in [7, 11) is -2.05. The number of hydrogen-bond donors (Lipinski definition) is 3. The van der Waals surface area contributed by atoms with E-state index in [-0.39, 0.29) is 17.5 Å². The average molecular weight is 444 g/mol. The quantitative estimate of drug-likeness (QED) is 0.498. The largest absolute Gasteiger partial charge is 0.491 e. The third kappa shape index (κ3) is 8.09. The second-order valence-electron chi connectivity index (χ2n) is 9.06. The lowest BCUT2D eigenvalue weighted by molar-refractivity contribution is 0.0507. The van der Waals surface area contributed by atoms with Gasteiger partial charge in [-0.2, -0.15) is 0 Å². The summed E-state index contributed by atoms with van der Waals surface area (Å²) >= 11 is 0. The van der Waals surface area contributed by atoms with Gasteiger partial charge in [-0.05, 0) is 37.5 Å². The van der Waals surface area contributed by atoms with E-state index in [1.165, 1.54) is 24.6 Å². The van der Waals surface area contributed by atoms with Gasteiger partial charge in [-0.1, -0.05) is 70.4 Å². The smallest absolute Gasteiger partial charge is 0.423 e. The third-order valence-electron chi connectivity index (χ3n) is 4.13. The molecule has 174 valence electrons. The maximum Gasteiger partial charge on any atom is 0.491 e. The zero-order valence-corrected chi connectivity index (χ0v) is 20.0. The summed E-state index contributed by atoms with van der Waals surface area (Å²) in [6.45, 7) is 13.9. The number of aryl methyl sites for hydroxylation is 2. The number of benzene rings is 2. The van der Waals surface area contributed by atoms with Crippen molar-refractivity contribution in [3.63, 3.8) is 0 Å².